The smallest absolute Gasteiger partial charge is 0.182 e. The van der Waals surface area contributed by atoms with Gasteiger partial charge in [-0.2, -0.15) is 5.26 Å². The van der Waals surface area contributed by atoms with Gasteiger partial charge >= 0.3 is 0 Å². The molecule has 2 heterocycles. The van der Waals surface area contributed by atoms with Crippen molar-refractivity contribution in [3.63, 3.8) is 0 Å². The summed E-state index contributed by atoms with van der Waals surface area (Å²) < 4.78 is 0. The van der Waals surface area contributed by atoms with E-state index in [9.17, 15) is 5.26 Å². The molecule has 2 aromatic heterocycles. The fourth-order valence-corrected chi connectivity index (χ4v) is 2.46. The first-order valence-corrected chi connectivity index (χ1v) is 7.70. The lowest BCUT2D eigenvalue weighted by molar-refractivity contribution is 0.739. The van der Waals surface area contributed by atoms with E-state index in [1.54, 1.807) is 12.4 Å². The highest BCUT2D eigenvalue weighted by atomic mass is 15.0. The predicted octanol–water partition coefficient (Wildman–Crippen LogP) is 3.45. The van der Waals surface area contributed by atoms with Gasteiger partial charge in [0.15, 0.2) is 11.5 Å². The SMILES string of the molecule is Cc1ccc(CC(Nc2nccnc2C#N)c2ccccn2)cc1. The number of aromatic nitrogens is 3. The van der Waals surface area contributed by atoms with Crippen LogP contribution in [-0.2, 0) is 6.42 Å². The third kappa shape index (κ3) is 3.73. The average molecular weight is 315 g/mol. The molecule has 1 atom stereocenters. The van der Waals surface area contributed by atoms with E-state index in [2.05, 4.69) is 57.5 Å². The van der Waals surface area contributed by atoms with E-state index in [0.29, 0.717) is 5.82 Å². The van der Waals surface area contributed by atoms with Gasteiger partial charge in [0.05, 0.1) is 11.7 Å². The van der Waals surface area contributed by atoms with Crippen LogP contribution >= 0.6 is 0 Å². The van der Waals surface area contributed by atoms with Crippen molar-refractivity contribution < 1.29 is 0 Å². The van der Waals surface area contributed by atoms with Crippen molar-refractivity contribution in [3.05, 3.63) is 83.6 Å². The minimum absolute atomic E-state index is 0.0993. The third-order valence-electron chi connectivity index (χ3n) is 3.72. The second-order valence-corrected chi connectivity index (χ2v) is 5.51. The van der Waals surface area contributed by atoms with Gasteiger partial charge in [-0.05, 0) is 31.0 Å². The molecule has 0 fully saturated rings. The molecule has 1 aromatic carbocycles. The lowest BCUT2D eigenvalue weighted by atomic mass is 10.0. The number of aryl methyl sites for hydroxylation is 1. The van der Waals surface area contributed by atoms with E-state index in [1.807, 2.05) is 18.2 Å². The Labute approximate surface area is 141 Å². The molecule has 0 aliphatic heterocycles. The lowest BCUT2D eigenvalue weighted by Gasteiger charge is -2.19. The molecule has 1 unspecified atom stereocenters. The van der Waals surface area contributed by atoms with Crippen LogP contribution in [0.3, 0.4) is 0 Å². The number of benzene rings is 1. The first kappa shape index (κ1) is 15.6. The summed E-state index contributed by atoms with van der Waals surface area (Å²) >= 11 is 0. The molecule has 0 saturated carbocycles. The Morgan fingerprint density at radius 1 is 1.00 bits per heavy atom. The normalized spacial score (nSPS) is 11.5. The van der Waals surface area contributed by atoms with E-state index in [0.717, 1.165) is 12.1 Å². The number of nitrogens with one attached hydrogen (secondary N) is 1. The van der Waals surface area contributed by atoms with Crippen molar-refractivity contribution in [3.8, 4) is 6.07 Å². The molecule has 0 radical (unpaired) electrons. The zero-order valence-electron chi connectivity index (χ0n) is 13.3. The monoisotopic (exact) mass is 315 g/mol. The quantitative estimate of drug-likeness (QED) is 0.780. The van der Waals surface area contributed by atoms with Gasteiger partial charge in [-0.1, -0.05) is 35.9 Å². The van der Waals surface area contributed by atoms with Crippen LogP contribution in [0.4, 0.5) is 5.82 Å². The molecule has 3 aromatic rings. The van der Waals surface area contributed by atoms with E-state index in [-0.39, 0.29) is 11.7 Å². The number of nitrogens with zero attached hydrogens (tertiary/aromatic N) is 4. The van der Waals surface area contributed by atoms with Crippen molar-refractivity contribution in [2.45, 2.75) is 19.4 Å². The molecule has 0 spiro atoms. The predicted molar refractivity (Wildman–Crippen MR) is 92.2 cm³/mol. The van der Waals surface area contributed by atoms with E-state index in [4.69, 9.17) is 0 Å². The molecule has 1 N–H and O–H groups in total. The third-order valence-corrected chi connectivity index (χ3v) is 3.72. The number of hydrogen-bond donors (Lipinski definition) is 1. The Kier molecular flexibility index (Phi) is 4.78. The van der Waals surface area contributed by atoms with Crippen LogP contribution in [0.2, 0.25) is 0 Å². The topological polar surface area (TPSA) is 74.5 Å². The van der Waals surface area contributed by atoms with Gasteiger partial charge in [-0.3, -0.25) is 4.98 Å². The van der Waals surface area contributed by atoms with Crippen LogP contribution in [-0.4, -0.2) is 15.0 Å². The van der Waals surface area contributed by atoms with Crippen LogP contribution in [0.1, 0.15) is 28.6 Å². The van der Waals surface area contributed by atoms with Gasteiger partial charge in [-0.15, -0.1) is 0 Å². The van der Waals surface area contributed by atoms with E-state index in [1.165, 1.54) is 17.3 Å². The zero-order chi connectivity index (χ0) is 16.8. The molecule has 5 heteroatoms. The molecule has 0 saturated heterocycles. The second kappa shape index (κ2) is 7.34. The van der Waals surface area contributed by atoms with Crippen LogP contribution in [0.25, 0.3) is 0 Å². The first-order valence-electron chi connectivity index (χ1n) is 7.70. The van der Waals surface area contributed by atoms with Gasteiger partial charge in [0, 0.05) is 18.6 Å². The standard InChI is InChI=1S/C19H17N5/c1-14-5-7-15(8-6-14)12-17(16-4-2-3-9-21-16)24-19-18(13-20)22-10-11-23-19/h2-11,17H,12H2,1H3,(H,23,24). The number of anilines is 1. The summed E-state index contributed by atoms with van der Waals surface area (Å²) in [6, 6.07) is 16.2. The fourth-order valence-electron chi connectivity index (χ4n) is 2.46. The maximum atomic E-state index is 9.21. The van der Waals surface area contributed by atoms with Crippen molar-refractivity contribution in [2.24, 2.45) is 0 Å². The number of pyridine rings is 1. The molecular formula is C19H17N5. The molecular weight excluding hydrogens is 298 g/mol. The largest absolute Gasteiger partial charge is 0.359 e. The van der Waals surface area contributed by atoms with Gasteiger partial charge in [-0.25, -0.2) is 9.97 Å². The van der Waals surface area contributed by atoms with Gasteiger partial charge in [0.2, 0.25) is 0 Å². The van der Waals surface area contributed by atoms with E-state index >= 15 is 0 Å². The Balaban J connectivity index is 1.90. The number of hydrogen-bond acceptors (Lipinski definition) is 5. The minimum Gasteiger partial charge on any atom is -0.359 e. The maximum Gasteiger partial charge on any atom is 0.182 e. The summed E-state index contributed by atoms with van der Waals surface area (Å²) in [7, 11) is 0. The highest BCUT2D eigenvalue weighted by Crippen LogP contribution is 2.22. The molecule has 24 heavy (non-hydrogen) atoms. The number of rotatable bonds is 5. The second-order valence-electron chi connectivity index (χ2n) is 5.51. The first-order chi connectivity index (χ1) is 11.8. The van der Waals surface area contributed by atoms with Crippen LogP contribution in [0.15, 0.2) is 61.1 Å². The molecule has 0 aliphatic rings. The Morgan fingerprint density at radius 2 is 1.79 bits per heavy atom. The Bertz CT molecular complexity index is 838. The molecule has 118 valence electrons. The molecule has 3 rings (SSSR count). The molecule has 5 nitrogen and oxygen atoms in total. The molecule has 0 bridgehead atoms. The van der Waals surface area contributed by atoms with Gasteiger partial charge in [0.25, 0.3) is 0 Å². The van der Waals surface area contributed by atoms with Gasteiger partial charge < -0.3 is 5.32 Å². The lowest BCUT2D eigenvalue weighted by Crippen LogP contribution is -2.17. The summed E-state index contributed by atoms with van der Waals surface area (Å²) in [5.41, 5.74) is 3.59. The van der Waals surface area contributed by atoms with Crippen molar-refractivity contribution in [1.29, 1.82) is 5.26 Å². The summed E-state index contributed by atoms with van der Waals surface area (Å²) in [6.07, 6.45) is 5.59. The summed E-state index contributed by atoms with van der Waals surface area (Å²) in [5.74, 6) is 0.475. The summed E-state index contributed by atoms with van der Waals surface area (Å²) in [5, 5.41) is 12.5. The Morgan fingerprint density at radius 3 is 2.50 bits per heavy atom. The minimum atomic E-state index is -0.0993. The average Bonchev–Trinajstić information content (AvgIpc) is 2.64. The summed E-state index contributed by atoms with van der Waals surface area (Å²) in [4.78, 5) is 12.8. The van der Waals surface area contributed by atoms with Crippen molar-refractivity contribution in [2.75, 3.05) is 5.32 Å². The van der Waals surface area contributed by atoms with Crippen molar-refractivity contribution in [1.82, 2.24) is 15.0 Å². The van der Waals surface area contributed by atoms with Crippen LogP contribution < -0.4 is 5.32 Å². The highest BCUT2D eigenvalue weighted by Gasteiger charge is 2.16. The summed E-state index contributed by atoms with van der Waals surface area (Å²) in [6.45, 7) is 2.07. The molecule has 0 aliphatic carbocycles. The Hall–Kier alpha value is -3.26. The maximum absolute atomic E-state index is 9.21. The number of nitriles is 1. The van der Waals surface area contributed by atoms with Crippen LogP contribution in [0.5, 0.6) is 0 Å². The van der Waals surface area contributed by atoms with Gasteiger partial charge in [0.1, 0.15) is 6.07 Å². The van der Waals surface area contributed by atoms with Crippen molar-refractivity contribution >= 4 is 5.82 Å². The van der Waals surface area contributed by atoms with Crippen LogP contribution in [0, 0.1) is 18.3 Å². The fraction of sp³-hybridized carbons (Fsp3) is 0.158. The van der Waals surface area contributed by atoms with E-state index < -0.39 is 0 Å². The highest BCUT2D eigenvalue weighted by molar-refractivity contribution is 5.48. The molecule has 0 amide bonds. The zero-order valence-corrected chi connectivity index (χ0v) is 13.3.